The fourth-order valence-electron chi connectivity index (χ4n) is 3.63. The first kappa shape index (κ1) is 17.8. The van der Waals surface area contributed by atoms with Crippen LogP contribution in [0.2, 0.25) is 0 Å². The number of fused-ring (bicyclic) bond motifs is 3. The lowest BCUT2D eigenvalue weighted by Gasteiger charge is -2.03. The predicted molar refractivity (Wildman–Crippen MR) is 117 cm³/mol. The molecular formula is C25H21NO2. The van der Waals surface area contributed by atoms with Crippen LogP contribution in [0.25, 0.3) is 39.5 Å². The molecule has 138 valence electrons. The van der Waals surface area contributed by atoms with E-state index in [4.69, 9.17) is 5.11 Å². The molecule has 0 radical (unpaired) electrons. The molecule has 0 aliphatic heterocycles. The highest BCUT2D eigenvalue weighted by Gasteiger charge is 2.09. The van der Waals surface area contributed by atoms with Crippen LogP contribution < -0.4 is 0 Å². The summed E-state index contributed by atoms with van der Waals surface area (Å²) in [7, 11) is 0. The molecule has 3 nitrogen and oxygen atoms in total. The number of aromatic nitrogens is 1. The second kappa shape index (κ2) is 7.20. The van der Waals surface area contributed by atoms with Gasteiger partial charge in [0.25, 0.3) is 0 Å². The molecular weight excluding hydrogens is 346 g/mol. The van der Waals surface area contributed by atoms with Crippen molar-refractivity contribution >= 4 is 45.5 Å². The number of aliphatic carboxylic acids is 1. The number of rotatable bonds is 5. The Kier molecular flexibility index (Phi) is 4.58. The molecule has 0 saturated carbocycles. The van der Waals surface area contributed by atoms with Gasteiger partial charge >= 0.3 is 5.97 Å². The van der Waals surface area contributed by atoms with Crippen molar-refractivity contribution in [3.05, 3.63) is 90.0 Å². The average molecular weight is 367 g/mol. The van der Waals surface area contributed by atoms with Gasteiger partial charge < -0.3 is 9.67 Å². The van der Waals surface area contributed by atoms with E-state index >= 15 is 0 Å². The van der Waals surface area contributed by atoms with Gasteiger partial charge in [0, 0.05) is 28.4 Å². The van der Waals surface area contributed by atoms with Gasteiger partial charge in [0.2, 0.25) is 0 Å². The third-order valence-electron chi connectivity index (χ3n) is 5.10. The third kappa shape index (κ3) is 3.12. The molecule has 0 spiro atoms. The van der Waals surface area contributed by atoms with Gasteiger partial charge in [0.1, 0.15) is 0 Å². The van der Waals surface area contributed by atoms with Crippen molar-refractivity contribution in [2.24, 2.45) is 0 Å². The minimum Gasteiger partial charge on any atom is -0.478 e. The fourth-order valence-corrected chi connectivity index (χ4v) is 3.63. The molecule has 3 aromatic carbocycles. The van der Waals surface area contributed by atoms with Crippen LogP contribution in [0.1, 0.15) is 23.6 Å². The molecule has 0 aliphatic rings. The quantitative estimate of drug-likeness (QED) is 0.343. The number of hydrogen-bond donors (Lipinski definition) is 1. The summed E-state index contributed by atoms with van der Waals surface area (Å²) in [6.45, 7) is 6.70. The number of nitrogens with zero attached hydrogens (tertiary/aromatic N) is 1. The summed E-state index contributed by atoms with van der Waals surface area (Å²) in [4.78, 5) is 11.0. The molecule has 28 heavy (non-hydrogen) atoms. The summed E-state index contributed by atoms with van der Waals surface area (Å²) in [5.41, 5.74) is 5.38. The summed E-state index contributed by atoms with van der Waals surface area (Å²) in [5.74, 6) is -0.997. The Morgan fingerprint density at radius 3 is 2.29 bits per heavy atom. The Hall–Kier alpha value is -3.59. The minimum atomic E-state index is -0.997. The highest BCUT2D eigenvalue weighted by atomic mass is 16.4. The first-order chi connectivity index (χ1) is 13.6. The second-order valence-electron chi connectivity index (χ2n) is 6.78. The molecule has 4 rings (SSSR count). The maximum atomic E-state index is 11.0. The van der Waals surface area contributed by atoms with E-state index in [1.54, 1.807) is 12.1 Å². The van der Waals surface area contributed by atoms with E-state index in [-0.39, 0.29) is 5.57 Å². The van der Waals surface area contributed by atoms with Gasteiger partial charge in [-0.3, -0.25) is 0 Å². The van der Waals surface area contributed by atoms with Gasteiger partial charge in [-0.05, 0) is 41.8 Å². The van der Waals surface area contributed by atoms with E-state index in [9.17, 15) is 4.79 Å². The molecule has 3 heteroatoms. The zero-order valence-corrected chi connectivity index (χ0v) is 15.7. The smallest absolute Gasteiger partial charge is 0.335 e. The molecule has 0 bridgehead atoms. The topological polar surface area (TPSA) is 42.2 Å². The molecule has 0 aliphatic carbocycles. The summed E-state index contributed by atoms with van der Waals surface area (Å²) in [6.07, 6.45) is 4.12. The van der Waals surface area contributed by atoms with Crippen LogP contribution in [-0.2, 0) is 11.3 Å². The van der Waals surface area contributed by atoms with Gasteiger partial charge in [-0.1, -0.05) is 67.3 Å². The first-order valence-corrected chi connectivity index (χ1v) is 9.30. The highest BCUT2D eigenvalue weighted by molar-refractivity contribution is 6.14. The van der Waals surface area contributed by atoms with E-state index in [1.165, 1.54) is 21.8 Å². The van der Waals surface area contributed by atoms with Crippen LogP contribution in [0.5, 0.6) is 0 Å². The average Bonchev–Trinajstić information content (AvgIpc) is 3.05. The number of para-hydroxylation sites is 1. The van der Waals surface area contributed by atoms with Gasteiger partial charge in [-0.15, -0.1) is 0 Å². The number of carbonyl (C=O) groups is 1. The van der Waals surface area contributed by atoms with Crippen LogP contribution in [-0.4, -0.2) is 15.6 Å². The molecule has 1 heterocycles. The molecule has 0 saturated heterocycles. The Labute approximate surface area is 163 Å². The molecule has 0 fully saturated rings. The standard InChI is InChI=1S/C25H21NO2/c1-3-26-23-7-5-4-6-21(23)22-16-19(12-15-24(22)26)9-8-18-10-13-20(14-11-18)17(2)25(27)28/h4-16H,2-3H2,1H3,(H,27,28). The van der Waals surface area contributed by atoms with Crippen LogP contribution in [0.15, 0.2) is 73.3 Å². The summed E-state index contributed by atoms with van der Waals surface area (Å²) < 4.78 is 2.34. The zero-order valence-electron chi connectivity index (χ0n) is 15.7. The Morgan fingerprint density at radius 2 is 1.57 bits per heavy atom. The van der Waals surface area contributed by atoms with Crippen LogP contribution in [0.3, 0.4) is 0 Å². The maximum absolute atomic E-state index is 11.0. The van der Waals surface area contributed by atoms with Crippen molar-refractivity contribution in [2.45, 2.75) is 13.5 Å². The Morgan fingerprint density at radius 1 is 0.929 bits per heavy atom. The van der Waals surface area contributed by atoms with E-state index in [0.29, 0.717) is 5.56 Å². The van der Waals surface area contributed by atoms with E-state index in [0.717, 1.165) is 17.7 Å². The predicted octanol–water partition coefficient (Wildman–Crippen LogP) is 6.08. The lowest BCUT2D eigenvalue weighted by molar-refractivity contribution is -0.130. The van der Waals surface area contributed by atoms with E-state index < -0.39 is 5.97 Å². The number of hydrogen-bond acceptors (Lipinski definition) is 1. The minimum absolute atomic E-state index is 0.105. The van der Waals surface area contributed by atoms with Crippen LogP contribution in [0, 0.1) is 0 Å². The van der Waals surface area contributed by atoms with Gasteiger partial charge in [-0.2, -0.15) is 0 Å². The first-order valence-electron chi connectivity index (χ1n) is 9.30. The largest absolute Gasteiger partial charge is 0.478 e. The molecule has 1 aromatic heterocycles. The van der Waals surface area contributed by atoms with Crippen LogP contribution in [0.4, 0.5) is 0 Å². The highest BCUT2D eigenvalue weighted by Crippen LogP contribution is 2.30. The van der Waals surface area contributed by atoms with Gasteiger partial charge in [-0.25, -0.2) is 4.79 Å². The lowest BCUT2D eigenvalue weighted by atomic mass is 10.0. The molecule has 0 amide bonds. The Balaban J connectivity index is 1.67. The second-order valence-corrected chi connectivity index (χ2v) is 6.78. The van der Waals surface area contributed by atoms with Crippen molar-refractivity contribution < 1.29 is 9.90 Å². The monoisotopic (exact) mass is 367 g/mol. The number of carboxylic acid groups (broad SMARTS) is 1. The van der Waals surface area contributed by atoms with Gasteiger partial charge in [0.05, 0.1) is 5.57 Å². The molecule has 0 unspecified atom stereocenters. The SMILES string of the molecule is C=C(C(=O)O)c1ccc(C=Cc2ccc3c(c2)c2ccccc2n3CC)cc1. The molecule has 1 N–H and O–H groups in total. The summed E-state index contributed by atoms with van der Waals surface area (Å²) in [6, 6.07) is 22.4. The van der Waals surface area contributed by atoms with Crippen molar-refractivity contribution in [3.63, 3.8) is 0 Å². The van der Waals surface area contributed by atoms with E-state index in [2.05, 4.69) is 66.6 Å². The summed E-state index contributed by atoms with van der Waals surface area (Å²) >= 11 is 0. The van der Waals surface area contributed by atoms with Crippen molar-refractivity contribution in [1.29, 1.82) is 0 Å². The third-order valence-corrected chi connectivity index (χ3v) is 5.10. The van der Waals surface area contributed by atoms with Crippen molar-refractivity contribution in [3.8, 4) is 0 Å². The number of benzene rings is 3. The van der Waals surface area contributed by atoms with E-state index in [1.807, 2.05) is 18.2 Å². The van der Waals surface area contributed by atoms with Crippen molar-refractivity contribution in [1.82, 2.24) is 4.57 Å². The van der Waals surface area contributed by atoms with Crippen LogP contribution >= 0.6 is 0 Å². The lowest BCUT2D eigenvalue weighted by Crippen LogP contribution is -1.97. The van der Waals surface area contributed by atoms with Crippen molar-refractivity contribution in [2.75, 3.05) is 0 Å². The summed E-state index contributed by atoms with van der Waals surface area (Å²) in [5, 5.41) is 11.5. The molecule has 4 aromatic rings. The number of carboxylic acids is 1. The molecule has 0 atom stereocenters. The normalized spacial score (nSPS) is 11.5. The Bertz CT molecular complexity index is 1230. The fraction of sp³-hybridized carbons (Fsp3) is 0.0800. The maximum Gasteiger partial charge on any atom is 0.335 e. The zero-order chi connectivity index (χ0) is 19.7. The van der Waals surface area contributed by atoms with Gasteiger partial charge in [0.15, 0.2) is 0 Å². The number of aryl methyl sites for hydroxylation is 1.